The average molecular weight is 281 g/mol. The molecule has 5 nitrogen and oxygen atoms in total. The molecule has 0 aliphatic carbocycles. The predicted molar refractivity (Wildman–Crippen MR) is 73.7 cm³/mol. The van der Waals surface area contributed by atoms with Crippen molar-refractivity contribution in [1.29, 1.82) is 0 Å². The lowest BCUT2D eigenvalue weighted by atomic mass is 10.2. The molecule has 1 amide bonds. The van der Waals surface area contributed by atoms with Crippen molar-refractivity contribution in [2.75, 3.05) is 46.0 Å². The van der Waals surface area contributed by atoms with Gasteiger partial charge in [0.05, 0.1) is 12.2 Å². The lowest BCUT2D eigenvalue weighted by molar-refractivity contribution is 0.0630. The number of hydrogen-bond donors (Lipinski definition) is 0. The molecule has 2 heterocycles. The fourth-order valence-corrected chi connectivity index (χ4v) is 2.22. The van der Waals surface area contributed by atoms with E-state index < -0.39 is 0 Å². The summed E-state index contributed by atoms with van der Waals surface area (Å²) in [4.78, 5) is 20.2. The number of nitrogens with zero attached hydrogens (tertiary/aromatic N) is 3. The molecule has 1 saturated heterocycles. The number of halogens is 1. The van der Waals surface area contributed by atoms with Crippen LogP contribution < -0.4 is 4.74 Å². The largest absolute Gasteiger partial charge is 0.478 e. The second kappa shape index (κ2) is 7.19. The van der Waals surface area contributed by atoms with Crippen LogP contribution in [-0.4, -0.2) is 66.7 Å². The van der Waals surface area contributed by atoms with Gasteiger partial charge >= 0.3 is 0 Å². The Morgan fingerprint density at radius 3 is 2.65 bits per heavy atom. The van der Waals surface area contributed by atoms with E-state index in [9.17, 15) is 9.18 Å². The first kappa shape index (κ1) is 14.7. The minimum Gasteiger partial charge on any atom is -0.478 e. The van der Waals surface area contributed by atoms with Gasteiger partial charge in [-0.25, -0.2) is 9.37 Å². The smallest absolute Gasteiger partial charge is 0.255 e. The Bertz CT molecular complexity index is 431. The molecule has 2 rings (SSSR count). The van der Waals surface area contributed by atoms with Crippen LogP contribution in [0.3, 0.4) is 0 Å². The summed E-state index contributed by atoms with van der Waals surface area (Å²) >= 11 is 0. The molecule has 0 radical (unpaired) electrons. The number of aromatic nitrogens is 1. The maximum Gasteiger partial charge on any atom is 0.255 e. The van der Waals surface area contributed by atoms with E-state index in [4.69, 9.17) is 4.74 Å². The first-order valence-electron chi connectivity index (χ1n) is 6.91. The standard InChI is InChI=1S/C14H20FN3O2/c1-2-20-13-4-3-12(11-16-13)14(19)18-9-7-17(6-5-15)8-10-18/h3-4,11H,2,5-10H2,1H3. The molecule has 0 saturated carbocycles. The second-order valence-corrected chi connectivity index (χ2v) is 4.64. The van der Waals surface area contributed by atoms with Gasteiger partial charge in [-0.15, -0.1) is 0 Å². The lowest BCUT2D eigenvalue weighted by Crippen LogP contribution is -2.49. The van der Waals surface area contributed by atoms with E-state index in [1.54, 1.807) is 23.2 Å². The number of carbonyl (C=O) groups excluding carboxylic acids is 1. The monoisotopic (exact) mass is 281 g/mol. The number of piperazine rings is 1. The molecule has 20 heavy (non-hydrogen) atoms. The summed E-state index contributed by atoms with van der Waals surface area (Å²) in [6, 6.07) is 3.43. The average Bonchev–Trinajstić information content (AvgIpc) is 2.49. The highest BCUT2D eigenvalue weighted by Gasteiger charge is 2.22. The van der Waals surface area contributed by atoms with Gasteiger partial charge in [-0.1, -0.05) is 0 Å². The molecule has 110 valence electrons. The normalized spacial score (nSPS) is 16.2. The van der Waals surface area contributed by atoms with Crippen LogP contribution in [0, 0.1) is 0 Å². The molecule has 1 aromatic rings. The Hall–Kier alpha value is -1.69. The summed E-state index contributed by atoms with van der Waals surface area (Å²) in [6.45, 7) is 5.26. The maximum atomic E-state index is 12.3. The number of amides is 1. The molecule has 1 aliphatic heterocycles. The minimum atomic E-state index is -0.337. The summed E-state index contributed by atoms with van der Waals surface area (Å²) in [5, 5.41) is 0. The van der Waals surface area contributed by atoms with Gasteiger partial charge in [-0.05, 0) is 13.0 Å². The Morgan fingerprint density at radius 1 is 1.35 bits per heavy atom. The van der Waals surface area contributed by atoms with Crippen LogP contribution in [-0.2, 0) is 0 Å². The van der Waals surface area contributed by atoms with Crippen molar-refractivity contribution in [2.45, 2.75) is 6.92 Å². The molecular formula is C14H20FN3O2. The third-order valence-electron chi connectivity index (χ3n) is 3.34. The Balaban J connectivity index is 1.91. The highest BCUT2D eigenvalue weighted by molar-refractivity contribution is 5.94. The maximum absolute atomic E-state index is 12.3. The van der Waals surface area contributed by atoms with Crippen molar-refractivity contribution < 1.29 is 13.9 Å². The zero-order valence-electron chi connectivity index (χ0n) is 11.7. The number of pyridine rings is 1. The van der Waals surface area contributed by atoms with E-state index in [1.165, 1.54) is 0 Å². The van der Waals surface area contributed by atoms with Crippen LogP contribution in [0.1, 0.15) is 17.3 Å². The quantitative estimate of drug-likeness (QED) is 0.814. The van der Waals surface area contributed by atoms with Gasteiger partial charge in [0.25, 0.3) is 5.91 Å². The molecule has 0 bridgehead atoms. The number of ether oxygens (including phenoxy) is 1. The van der Waals surface area contributed by atoms with Crippen molar-refractivity contribution in [1.82, 2.24) is 14.8 Å². The summed E-state index contributed by atoms with van der Waals surface area (Å²) < 4.78 is 17.5. The second-order valence-electron chi connectivity index (χ2n) is 4.64. The molecule has 1 fully saturated rings. The molecule has 0 unspecified atom stereocenters. The Labute approximate surface area is 118 Å². The van der Waals surface area contributed by atoms with E-state index >= 15 is 0 Å². The van der Waals surface area contributed by atoms with Gasteiger partial charge in [-0.2, -0.15) is 0 Å². The first-order valence-corrected chi connectivity index (χ1v) is 6.91. The van der Waals surface area contributed by atoms with Crippen molar-refractivity contribution >= 4 is 5.91 Å². The molecule has 0 spiro atoms. The number of hydrogen-bond acceptors (Lipinski definition) is 4. The summed E-state index contributed by atoms with van der Waals surface area (Å²) in [6.07, 6.45) is 1.54. The zero-order valence-corrected chi connectivity index (χ0v) is 11.7. The van der Waals surface area contributed by atoms with Crippen LogP contribution in [0.5, 0.6) is 5.88 Å². The summed E-state index contributed by atoms with van der Waals surface area (Å²) in [5.41, 5.74) is 0.562. The summed E-state index contributed by atoms with van der Waals surface area (Å²) in [7, 11) is 0. The Morgan fingerprint density at radius 2 is 2.10 bits per heavy atom. The van der Waals surface area contributed by atoms with Crippen LogP contribution in [0.25, 0.3) is 0 Å². The van der Waals surface area contributed by atoms with Crippen LogP contribution in [0.15, 0.2) is 18.3 Å². The zero-order chi connectivity index (χ0) is 14.4. The number of carbonyl (C=O) groups is 1. The SMILES string of the molecule is CCOc1ccc(C(=O)N2CCN(CCF)CC2)cn1. The van der Waals surface area contributed by atoms with Gasteiger partial charge in [-0.3, -0.25) is 9.69 Å². The fourth-order valence-electron chi connectivity index (χ4n) is 2.22. The van der Waals surface area contributed by atoms with Crippen molar-refractivity contribution in [3.05, 3.63) is 23.9 Å². The molecular weight excluding hydrogens is 261 g/mol. The third kappa shape index (κ3) is 3.66. The molecule has 1 aromatic heterocycles. The molecule has 6 heteroatoms. The van der Waals surface area contributed by atoms with E-state index in [-0.39, 0.29) is 12.6 Å². The van der Waals surface area contributed by atoms with Crippen LogP contribution in [0.4, 0.5) is 4.39 Å². The summed E-state index contributed by atoms with van der Waals surface area (Å²) in [5.74, 6) is 0.497. The Kier molecular flexibility index (Phi) is 5.29. The van der Waals surface area contributed by atoms with Gasteiger partial charge in [0.2, 0.25) is 5.88 Å². The van der Waals surface area contributed by atoms with Gasteiger partial charge in [0.15, 0.2) is 0 Å². The topological polar surface area (TPSA) is 45.7 Å². The number of alkyl halides is 1. The fraction of sp³-hybridized carbons (Fsp3) is 0.571. The number of rotatable bonds is 5. The minimum absolute atomic E-state index is 0.0274. The first-order chi connectivity index (χ1) is 9.74. The van der Waals surface area contributed by atoms with Gasteiger partial charge in [0, 0.05) is 45.0 Å². The van der Waals surface area contributed by atoms with Crippen LogP contribution in [0.2, 0.25) is 0 Å². The third-order valence-corrected chi connectivity index (χ3v) is 3.34. The van der Waals surface area contributed by atoms with Crippen molar-refractivity contribution in [2.24, 2.45) is 0 Å². The van der Waals surface area contributed by atoms with Crippen molar-refractivity contribution in [3.8, 4) is 5.88 Å². The highest BCUT2D eigenvalue weighted by Crippen LogP contribution is 2.11. The van der Waals surface area contributed by atoms with E-state index in [2.05, 4.69) is 4.98 Å². The van der Waals surface area contributed by atoms with E-state index in [1.807, 2.05) is 11.8 Å². The predicted octanol–water partition coefficient (Wildman–Crippen LogP) is 1.21. The van der Waals surface area contributed by atoms with E-state index in [0.29, 0.717) is 37.7 Å². The van der Waals surface area contributed by atoms with Gasteiger partial charge in [0.1, 0.15) is 6.67 Å². The van der Waals surface area contributed by atoms with Gasteiger partial charge < -0.3 is 9.64 Å². The van der Waals surface area contributed by atoms with E-state index in [0.717, 1.165) is 13.1 Å². The molecule has 0 aromatic carbocycles. The van der Waals surface area contributed by atoms with Crippen molar-refractivity contribution in [3.63, 3.8) is 0 Å². The highest BCUT2D eigenvalue weighted by atomic mass is 19.1. The van der Waals surface area contributed by atoms with Crippen LogP contribution >= 0.6 is 0 Å². The molecule has 0 N–H and O–H groups in total. The molecule has 0 atom stereocenters. The molecule has 1 aliphatic rings. The lowest BCUT2D eigenvalue weighted by Gasteiger charge is -2.34.